The Kier molecular flexibility index (Phi) is 3.45. The molecule has 2 bridgehead atoms. The molecule has 2 rings (SSSR count). The van der Waals surface area contributed by atoms with Crippen molar-refractivity contribution in [2.24, 2.45) is 29.4 Å². The summed E-state index contributed by atoms with van der Waals surface area (Å²) >= 11 is 0. The highest BCUT2D eigenvalue weighted by Gasteiger charge is 2.34. The molecule has 0 spiro atoms. The van der Waals surface area contributed by atoms with Gasteiger partial charge in [0.25, 0.3) is 0 Å². The van der Waals surface area contributed by atoms with Crippen molar-refractivity contribution < 1.29 is 0 Å². The maximum absolute atomic E-state index is 5.47. The quantitative estimate of drug-likeness (QED) is 0.677. The predicted octanol–water partition coefficient (Wildman–Crippen LogP) is 1.95. The molecule has 0 aliphatic heterocycles. The van der Waals surface area contributed by atoms with Gasteiger partial charge in [-0.2, -0.15) is 0 Å². The average Bonchev–Trinajstić information content (AvgIpc) is 2.12. The minimum atomic E-state index is 0.641. The normalized spacial score (nSPS) is 42.4. The average molecular weight is 196 g/mol. The van der Waals surface area contributed by atoms with Crippen LogP contribution < -0.4 is 11.1 Å². The molecule has 3 N–H and O–H groups in total. The van der Waals surface area contributed by atoms with Crippen LogP contribution >= 0.6 is 0 Å². The Labute approximate surface area is 87.6 Å². The van der Waals surface area contributed by atoms with Crippen LogP contribution in [0.2, 0.25) is 0 Å². The van der Waals surface area contributed by atoms with E-state index in [1.807, 2.05) is 0 Å². The topological polar surface area (TPSA) is 38.0 Å². The van der Waals surface area contributed by atoms with Crippen LogP contribution in [0.5, 0.6) is 0 Å². The lowest BCUT2D eigenvalue weighted by Gasteiger charge is -2.41. The number of fused-ring (bicyclic) bond motifs is 2. The Morgan fingerprint density at radius 2 is 1.71 bits per heavy atom. The Hall–Kier alpha value is -0.0800. The minimum Gasteiger partial charge on any atom is -0.318 e. The van der Waals surface area contributed by atoms with Gasteiger partial charge in [0.05, 0.1) is 0 Å². The summed E-state index contributed by atoms with van der Waals surface area (Å²) in [5.74, 6) is 3.96. The molecule has 0 aromatic rings. The van der Waals surface area contributed by atoms with Gasteiger partial charge < -0.3 is 11.1 Å². The molecule has 0 radical (unpaired) electrons. The van der Waals surface area contributed by atoms with Gasteiger partial charge in [0.1, 0.15) is 0 Å². The summed E-state index contributed by atoms with van der Waals surface area (Å²) in [7, 11) is 0. The molecule has 2 nitrogen and oxygen atoms in total. The summed E-state index contributed by atoms with van der Waals surface area (Å²) in [6.07, 6.45) is 7.39. The van der Waals surface area contributed by atoms with Crippen LogP contribution in [0.4, 0.5) is 0 Å². The first-order valence-corrected chi connectivity index (χ1v) is 6.18. The van der Waals surface area contributed by atoms with Crippen LogP contribution in [0.25, 0.3) is 0 Å². The second-order valence-electron chi connectivity index (χ2n) is 5.54. The maximum atomic E-state index is 5.47. The van der Waals surface area contributed by atoms with E-state index in [9.17, 15) is 0 Å². The van der Waals surface area contributed by atoms with Crippen LogP contribution in [-0.2, 0) is 0 Å². The van der Waals surface area contributed by atoms with Gasteiger partial charge in [-0.15, -0.1) is 0 Å². The first-order chi connectivity index (χ1) is 6.78. The largest absolute Gasteiger partial charge is 0.318 e. The van der Waals surface area contributed by atoms with E-state index >= 15 is 0 Å². The van der Waals surface area contributed by atoms with E-state index in [0.29, 0.717) is 6.67 Å². The Balaban J connectivity index is 1.83. The molecule has 82 valence electrons. The lowest BCUT2D eigenvalue weighted by atomic mass is 9.65. The van der Waals surface area contributed by atoms with E-state index in [0.717, 1.165) is 30.2 Å². The van der Waals surface area contributed by atoms with Crippen molar-refractivity contribution in [1.82, 2.24) is 5.32 Å². The van der Waals surface area contributed by atoms with Gasteiger partial charge in [0, 0.05) is 6.67 Å². The molecule has 0 amide bonds. The molecule has 2 heteroatoms. The highest BCUT2D eigenvalue weighted by atomic mass is 15.0. The summed E-state index contributed by atoms with van der Waals surface area (Å²) in [6, 6.07) is 0. The fourth-order valence-corrected chi connectivity index (χ4v) is 3.78. The fourth-order valence-electron chi connectivity index (χ4n) is 3.78. The van der Waals surface area contributed by atoms with Gasteiger partial charge in [-0.3, -0.25) is 0 Å². The lowest BCUT2D eigenvalue weighted by Crippen LogP contribution is -2.36. The molecule has 2 fully saturated rings. The van der Waals surface area contributed by atoms with Crippen molar-refractivity contribution in [1.29, 1.82) is 0 Å². The monoisotopic (exact) mass is 196 g/mol. The maximum Gasteiger partial charge on any atom is 0.0428 e. The zero-order chi connectivity index (χ0) is 9.97. The first kappa shape index (κ1) is 10.4. The van der Waals surface area contributed by atoms with Gasteiger partial charge in [-0.05, 0) is 62.3 Å². The third kappa shape index (κ3) is 2.48. The molecule has 2 saturated carbocycles. The molecule has 0 aromatic heterocycles. The summed E-state index contributed by atoms with van der Waals surface area (Å²) < 4.78 is 0. The van der Waals surface area contributed by atoms with E-state index in [4.69, 9.17) is 5.73 Å². The highest BCUT2D eigenvalue weighted by Crippen LogP contribution is 2.44. The third-order valence-electron chi connectivity index (χ3n) is 4.05. The fraction of sp³-hybridized carbons (Fsp3) is 1.00. The van der Waals surface area contributed by atoms with Gasteiger partial charge in [-0.25, -0.2) is 0 Å². The van der Waals surface area contributed by atoms with E-state index < -0.39 is 0 Å². The minimum absolute atomic E-state index is 0.641. The Morgan fingerprint density at radius 3 is 2.29 bits per heavy atom. The van der Waals surface area contributed by atoms with E-state index in [1.54, 1.807) is 0 Å². The van der Waals surface area contributed by atoms with Crippen LogP contribution in [0.3, 0.4) is 0 Å². The van der Waals surface area contributed by atoms with E-state index in [1.165, 1.54) is 32.1 Å². The number of rotatable bonds is 3. The summed E-state index contributed by atoms with van der Waals surface area (Å²) in [4.78, 5) is 0. The number of hydrogen-bond donors (Lipinski definition) is 2. The van der Waals surface area contributed by atoms with Crippen molar-refractivity contribution in [2.45, 2.75) is 39.0 Å². The van der Waals surface area contributed by atoms with Gasteiger partial charge >= 0.3 is 0 Å². The van der Waals surface area contributed by atoms with Gasteiger partial charge in [0.15, 0.2) is 0 Å². The number of nitrogens with two attached hydrogens (primary N) is 1. The van der Waals surface area contributed by atoms with Gasteiger partial charge in [-0.1, -0.05) is 6.92 Å². The van der Waals surface area contributed by atoms with E-state index in [2.05, 4.69) is 12.2 Å². The zero-order valence-corrected chi connectivity index (χ0v) is 9.34. The van der Waals surface area contributed by atoms with Crippen molar-refractivity contribution in [2.75, 3.05) is 13.2 Å². The summed E-state index contributed by atoms with van der Waals surface area (Å²) in [5.41, 5.74) is 5.47. The highest BCUT2D eigenvalue weighted by molar-refractivity contribution is 4.86. The molecule has 0 heterocycles. The van der Waals surface area contributed by atoms with Crippen LogP contribution in [0.1, 0.15) is 39.0 Å². The summed E-state index contributed by atoms with van der Waals surface area (Å²) in [6.45, 7) is 4.22. The van der Waals surface area contributed by atoms with Crippen LogP contribution in [0.15, 0.2) is 0 Å². The predicted molar refractivity (Wildman–Crippen MR) is 59.8 cm³/mol. The van der Waals surface area contributed by atoms with Crippen molar-refractivity contribution in [3.05, 3.63) is 0 Å². The van der Waals surface area contributed by atoms with Gasteiger partial charge in [0.2, 0.25) is 0 Å². The summed E-state index contributed by atoms with van der Waals surface area (Å²) in [5, 5.41) is 3.30. The van der Waals surface area contributed by atoms with Crippen molar-refractivity contribution >= 4 is 0 Å². The molecule has 4 atom stereocenters. The molecule has 0 aromatic carbocycles. The molecule has 2 unspecified atom stereocenters. The second-order valence-corrected chi connectivity index (χ2v) is 5.54. The standard InChI is InChI=1S/C12H24N2/c1-9-2-10-4-11(3-9)6-12(5-10)7-14-8-13/h9-12,14H,2-8,13H2,1H3/t9?,10-,11+,12?. The van der Waals surface area contributed by atoms with Crippen molar-refractivity contribution in [3.8, 4) is 0 Å². The molecule has 2 aliphatic carbocycles. The SMILES string of the molecule is CC1C[C@@H]2CC(CNCN)C[C@H](C1)C2. The lowest BCUT2D eigenvalue weighted by molar-refractivity contribution is 0.103. The Bertz CT molecular complexity index is 163. The van der Waals surface area contributed by atoms with Crippen molar-refractivity contribution in [3.63, 3.8) is 0 Å². The third-order valence-corrected chi connectivity index (χ3v) is 4.05. The second kappa shape index (κ2) is 4.63. The van der Waals surface area contributed by atoms with Crippen LogP contribution in [0, 0.1) is 23.7 Å². The first-order valence-electron chi connectivity index (χ1n) is 6.18. The van der Waals surface area contributed by atoms with Crippen LogP contribution in [-0.4, -0.2) is 13.2 Å². The zero-order valence-electron chi connectivity index (χ0n) is 9.34. The number of nitrogens with one attached hydrogen (secondary N) is 1. The molecule has 14 heavy (non-hydrogen) atoms. The molecule has 2 aliphatic rings. The number of hydrogen-bond acceptors (Lipinski definition) is 2. The smallest absolute Gasteiger partial charge is 0.0428 e. The van der Waals surface area contributed by atoms with E-state index in [-0.39, 0.29) is 0 Å². The molecular formula is C12H24N2. The Morgan fingerprint density at radius 1 is 1.07 bits per heavy atom. The molecule has 0 saturated heterocycles. The molecular weight excluding hydrogens is 172 g/mol.